The summed E-state index contributed by atoms with van der Waals surface area (Å²) in [6.07, 6.45) is 0. The third kappa shape index (κ3) is 3.96. The van der Waals surface area contributed by atoms with Crippen molar-refractivity contribution in [2.75, 3.05) is 26.3 Å². The SMILES string of the molecule is CC(Sc1ccc(CN)cc1)C(=O)N1CCOCC1. The maximum atomic E-state index is 12.3. The number of morpholine rings is 1. The molecule has 5 heteroatoms. The molecular weight excluding hydrogens is 260 g/mol. The lowest BCUT2D eigenvalue weighted by molar-refractivity contribution is -0.134. The van der Waals surface area contributed by atoms with Crippen LogP contribution in [-0.2, 0) is 16.1 Å². The van der Waals surface area contributed by atoms with Crippen molar-refractivity contribution >= 4 is 17.7 Å². The summed E-state index contributed by atoms with van der Waals surface area (Å²) in [6.45, 7) is 5.21. The summed E-state index contributed by atoms with van der Waals surface area (Å²) in [6, 6.07) is 8.06. The summed E-state index contributed by atoms with van der Waals surface area (Å²) >= 11 is 1.59. The normalized spacial score (nSPS) is 17.3. The highest BCUT2D eigenvalue weighted by Crippen LogP contribution is 2.25. The largest absolute Gasteiger partial charge is 0.378 e. The van der Waals surface area contributed by atoms with Crippen LogP contribution >= 0.6 is 11.8 Å². The van der Waals surface area contributed by atoms with E-state index >= 15 is 0 Å². The van der Waals surface area contributed by atoms with Gasteiger partial charge >= 0.3 is 0 Å². The molecule has 2 rings (SSSR count). The lowest BCUT2D eigenvalue weighted by Gasteiger charge is -2.29. The van der Waals surface area contributed by atoms with Gasteiger partial charge in [-0.1, -0.05) is 12.1 Å². The summed E-state index contributed by atoms with van der Waals surface area (Å²) in [5.41, 5.74) is 6.68. The number of nitrogens with zero attached hydrogens (tertiary/aromatic N) is 1. The van der Waals surface area contributed by atoms with Crippen molar-refractivity contribution in [1.29, 1.82) is 0 Å². The number of benzene rings is 1. The molecule has 1 heterocycles. The van der Waals surface area contributed by atoms with Crippen LogP contribution in [0.5, 0.6) is 0 Å². The zero-order chi connectivity index (χ0) is 13.7. The molecule has 1 aliphatic heterocycles. The highest BCUT2D eigenvalue weighted by molar-refractivity contribution is 8.00. The third-order valence-electron chi connectivity index (χ3n) is 3.14. The molecule has 1 aromatic carbocycles. The van der Waals surface area contributed by atoms with E-state index in [1.807, 2.05) is 36.1 Å². The molecule has 1 saturated heterocycles. The first-order valence-electron chi connectivity index (χ1n) is 6.53. The van der Waals surface area contributed by atoms with Crippen molar-refractivity contribution in [1.82, 2.24) is 4.90 Å². The lowest BCUT2D eigenvalue weighted by Crippen LogP contribution is -2.44. The Bertz CT molecular complexity index is 416. The van der Waals surface area contributed by atoms with Crippen LogP contribution in [0.2, 0.25) is 0 Å². The maximum absolute atomic E-state index is 12.3. The molecule has 4 nitrogen and oxygen atoms in total. The Morgan fingerprint density at radius 1 is 1.37 bits per heavy atom. The first-order valence-corrected chi connectivity index (χ1v) is 7.41. The Morgan fingerprint density at radius 3 is 2.58 bits per heavy atom. The fourth-order valence-corrected chi connectivity index (χ4v) is 2.95. The zero-order valence-electron chi connectivity index (χ0n) is 11.2. The fraction of sp³-hybridized carbons (Fsp3) is 0.500. The van der Waals surface area contributed by atoms with E-state index in [2.05, 4.69) is 0 Å². The van der Waals surface area contributed by atoms with Crippen LogP contribution in [0.4, 0.5) is 0 Å². The first kappa shape index (κ1) is 14.4. The Labute approximate surface area is 118 Å². The monoisotopic (exact) mass is 280 g/mol. The predicted octanol–water partition coefficient (Wildman–Crippen LogP) is 1.48. The van der Waals surface area contributed by atoms with E-state index < -0.39 is 0 Å². The molecule has 0 aromatic heterocycles. The number of carbonyl (C=O) groups excluding carboxylic acids is 1. The van der Waals surface area contributed by atoms with E-state index in [9.17, 15) is 4.79 Å². The minimum atomic E-state index is -0.0678. The summed E-state index contributed by atoms with van der Waals surface area (Å²) in [4.78, 5) is 15.2. The highest BCUT2D eigenvalue weighted by Gasteiger charge is 2.22. The van der Waals surface area contributed by atoms with Gasteiger partial charge in [0.1, 0.15) is 0 Å². The van der Waals surface area contributed by atoms with Crippen LogP contribution < -0.4 is 5.73 Å². The van der Waals surface area contributed by atoms with E-state index in [0.29, 0.717) is 32.8 Å². The van der Waals surface area contributed by atoms with Gasteiger partial charge in [-0.25, -0.2) is 0 Å². The van der Waals surface area contributed by atoms with Crippen molar-refractivity contribution in [2.45, 2.75) is 23.6 Å². The number of carbonyl (C=O) groups is 1. The number of nitrogens with two attached hydrogens (primary N) is 1. The van der Waals surface area contributed by atoms with E-state index in [-0.39, 0.29) is 11.2 Å². The van der Waals surface area contributed by atoms with Crippen molar-refractivity contribution in [3.8, 4) is 0 Å². The topological polar surface area (TPSA) is 55.6 Å². The average Bonchev–Trinajstić information content (AvgIpc) is 2.48. The van der Waals surface area contributed by atoms with Crippen LogP contribution in [0.1, 0.15) is 12.5 Å². The summed E-state index contributed by atoms with van der Waals surface area (Å²) in [7, 11) is 0. The summed E-state index contributed by atoms with van der Waals surface area (Å²) < 4.78 is 5.26. The highest BCUT2D eigenvalue weighted by atomic mass is 32.2. The van der Waals surface area contributed by atoms with Gasteiger partial charge in [0.25, 0.3) is 0 Å². The smallest absolute Gasteiger partial charge is 0.235 e. The standard InChI is InChI=1S/C14H20N2O2S/c1-11(14(17)16-6-8-18-9-7-16)19-13-4-2-12(10-15)3-5-13/h2-5,11H,6-10,15H2,1H3. The second-order valence-corrected chi connectivity index (χ2v) is 5.96. The van der Waals surface area contributed by atoms with Gasteiger partial charge in [-0.15, -0.1) is 11.8 Å². The van der Waals surface area contributed by atoms with E-state index in [0.717, 1.165) is 10.5 Å². The second kappa shape index (κ2) is 6.93. The molecule has 0 spiro atoms. The Balaban J connectivity index is 1.91. The minimum Gasteiger partial charge on any atom is -0.378 e. The van der Waals surface area contributed by atoms with Crippen LogP contribution in [-0.4, -0.2) is 42.4 Å². The molecule has 1 fully saturated rings. The Hall–Kier alpha value is -1.04. The summed E-state index contributed by atoms with van der Waals surface area (Å²) in [5.74, 6) is 0.191. The minimum absolute atomic E-state index is 0.0678. The van der Waals surface area contributed by atoms with Gasteiger partial charge in [0.15, 0.2) is 0 Å². The average molecular weight is 280 g/mol. The molecule has 19 heavy (non-hydrogen) atoms. The van der Waals surface area contributed by atoms with Crippen molar-refractivity contribution in [3.05, 3.63) is 29.8 Å². The molecule has 0 aliphatic carbocycles. The Morgan fingerprint density at radius 2 is 2.00 bits per heavy atom. The maximum Gasteiger partial charge on any atom is 0.235 e. The zero-order valence-corrected chi connectivity index (χ0v) is 12.0. The third-order valence-corrected chi connectivity index (χ3v) is 4.24. The van der Waals surface area contributed by atoms with Gasteiger partial charge in [-0.05, 0) is 24.6 Å². The van der Waals surface area contributed by atoms with Crippen LogP contribution in [0.15, 0.2) is 29.2 Å². The molecule has 2 N–H and O–H groups in total. The number of rotatable bonds is 4. The quantitative estimate of drug-likeness (QED) is 0.849. The van der Waals surface area contributed by atoms with Gasteiger partial charge in [0, 0.05) is 24.5 Å². The number of hydrogen-bond donors (Lipinski definition) is 1. The fourth-order valence-electron chi connectivity index (χ4n) is 2.00. The molecule has 1 aromatic rings. The van der Waals surface area contributed by atoms with Crippen LogP contribution in [0.25, 0.3) is 0 Å². The Kier molecular flexibility index (Phi) is 5.24. The second-order valence-electron chi connectivity index (χ2n) is 4.55. The molecule has 0 bridgehead atoms. The number of thioether (sulfide) groups is 1. The predicted molar refractivity (Wildman–Crippen MR) is 77.1 cm³/mol. The first-order chi connectivity index (χ1) is 9.20. The molecule has 104 valence electrons. The van der Waals surface area contributed by atoms with Crippen LogP contribution in [0, 0.1) is 0 Å². The van der Waals surface area contributed by atoms with Gasteiger partial charge < -0.3 is 15.4 Å². The molecule has 0 radical (unpaired) electrons. The number of ether oxygens (including phenoxy) is 1. The summed E-state index contributed by atoms with van der Waals surface area (Å²) in [5, 5.41) is -0.0678. The van der Waals surface area contributed by atoms with Gasteiger partial charge in [0.05, 0.1) is 18.5 Å². The molecule has 0 saturated carbocycles. The van der Waals surface area contributed by atoms with Crippen molar-refractivity contribution in [3.63, 3.8) is 0 Å². The molecule has 1 aliphatic rings. The van der Waals surface area contributed by atoms with Crippen molar-refractivity contribution < 1.29 is 9.53 Å². The van der Waals surface area contributed by atoms with E-state index in [4.69, 9.17) is 10.5 Å². The number of hydrogen-bond acceptors (Lipinski definition) is 4. The lowest BCUT2D eigenvalue weighted by atomic mass is 10.2. The van der Waals surface area contributed by atoms with Gasteiger partial charge in [-0.3, -0.25) is 4.79 Å². The van der Waals surface area contributed by atoms with E-state index in [1.54, 1.807) is 11.8 Å². The van der Waals surface area contributed by atoms with Gasteiger partial charge in [-0.2, -0.15) is 0 Å². The molecule has 1 atom stereocenters. The van der Waals surface area contributed by atoms with Gasteiger partial charge in [0.2, 0.25) is 5.91 Å². The molecular formula is C14H20N2O2S. The van der Waals surface area contributed by atoms with Crippen LogP contribution in [0.3, 0.4) is 0 Å². The van der Waals surface area contributed by atoms with Crippen molar-refractivity contribution in [2.24, 2.45) is 5.73 Å². The van der Waals surface area contributed by atoms with E-state index in [1.165, 1.54) is 0 Å². The molecule has 1 amide bonds. The molecule has 1 unspecified atom stereocenters. The number of amides is 1.